The average Bonchev–Trinajstić information content (AvgIpc) is 2.46. The number of hydrogen-bond acceptors (Lipinski definition) is 2. The van der Waals surface area contributed by atoms with Crippen LogP contribution in [0.2, 0.25) is 0 Å². The molecule has 1 aromatic carbocycles. The summed E-state index contributed by atoms with van der Waals surface area (Å²) in [5, 5.41) is 3.08. The van der Waals surface area contributed by atoms with Gasteiger partial charge in [0.1, 0.15) is 5.75 Å². The zero-order valence-corrected chi connectivity index (χ0v) is 11.3. The fraction of sp³-hybridized carbons (Fsp3) is 0.250. The summed E-state index contributed by atoms with van der Waals surface area (Å²) in [6.45, 7) is 14.4. The third-order valence-electron chi connectivity index (χ3n) is 1.56. The summed E-state index contributed by atoms with van der Waals surface area (Å²) in [4.78, 5) is 0. The number of hydrogen-bond donors (Lipinski definition) is 1. The largest absolute Gasteiger partial charge is 0 e. The van der Waals surface area contributed by atoms with E-state index in [4.69, 9.17) is 18.7 Å². The molecule has 1 N–H and O–H groups in total. The number of ether oxygens (including phenoxy) is 1. The van der Waals surface area contributed by atoms with Crippen LogP contribution < -0.4 is 10.1 Å². The summed E-state index contributed by atoms with van der Waals surface area (Å²) in [6.07, 6.45) is 0. The Morgan fingerprint density at radius 1 is 1.06 bits per heavy atom. The summed E-state index contributed by atoms with van der Waals surface area (Å²) in [5.74, 6) is 0.946. The second-order valence-electron chi connectivity index (χ2n) is 2.34. The van der Waals surface area contributed by atoms with E-state index in [0.717, 1.165) is 12.3 Å². The van der Waals surface area contributed by atoms with E-state index in [0.29, 0.717) is 0 Å². The molecule has 0 amide bonds. The minimum atomic E-state index is 0. The Morgan fingerprint density at radius 2 is 1.50 bits per heavy atom. The Kier molecular flexibility index (Phi) is 35.2. The minimum absolute atomic E-state index is 0. The number of para-hydroxylation sites is 1. The molecule has 0 saturated heterocycles. The first kappa shape index (κ1) is 25.5. The van der Waals surface area contributed by atoms with Gasteiger partial charge in [0, 0.05) is 29.5 Å². The smallest absolute Gasteiger partial charge is 0 e. The molecule has 0 fully saturated rings. The molecular formula is C12H13CrNO4. The van der Waals surface area contributed by atoms with Gasteiger partial charge in [0.15, 0.2) is 0 Å². The van der Waals surface area contributed by atoms with Crippen LogP contribution in [0.15, 0.2) is 24.3 Å². The van der Waals surface area contributed by atoms with Crippen LogP contribution in [0.3, 0.4) is 0 Å². The predicted molar refractivity (Wildman–Crippen MR) is 57.5 cm³/mol. The van der Waals surface area contributed by atoms with E-state index in [1.54, 1.807) is 7.11 Å². The number of rotatable bonds is 3. The predicted octanol–water partition coefficient (Wildman–Crippen LogP) is 1.30. The molecule has 6 heteroatoms. The van der Waals surface area contributed by atoms with Crippen molar-refractivity contribution in [3.8, 4) is 5.75 Å². The maximum Gasteiger partial charge on any atom is 0 e. The standard InChI is InChI=1S/C9H13NO.3CO.Cr/c1-10-7-8-5-3-4-6-9(8)11-2;3*1-2;/h3-6,10H,7H2,1-2H3;;;;. The molecule has 0 aliphatic carbocycles. The molecule has 0 aliphatic rings. The van der Waals surface area contributed by atoms with Crippen LogP contribution in [0.5, 0.6) is 5.75 Å². The van der Waals surface area contributed by atoms with Crippen molar-refractivity contribution >= 4 is 0 Å². The summed E-state index contributed by atoms with van der Waals surface area (Å²) in [5.41, 5.74) is 1.19. The third-order valence-corrected chi connectivity index (χ3v) is 1.56. The zero-order valence-electron chi connectivity index (χ0n) is 10.1. The molecule has 0 aliphatic heterocycles. The van der Waals surface area contributed by atoms with Crippen molar-refractivity contribution in [2.45, 2.75) is 6.54 Å². The van der Waals surface area contributed by atoms with Crippen LogP contribution in [-0.4, -0.2) is 14.2 Å². The molecule has 1 aromatic rings. The monoisotopic (exact) mass is 287 g/mol. The molecule has 18 heavy (non-hydrogen) atoms. The van der Waals surface area contributed by atoms with E-state index in [2.05, 4.69) is 31.3 Å². The molecule has 0 spiro atoms. The van der Waals surface area contributed by atoms with Gasteiger partial charge < -0.3 is 10.1 Å². The van der Waals surface area contributed by atoms with E-state index in [-0.39, 0.29) is 17.4 Å². The van der Waals surface area contributed by atoms with Crippen molar-refractivity contribution in [2.24, 2.45) is 0 Å². The van der Waals surface area contributed by atoms with Crippen molar-refractivity contribution in [3.05, 3.63) is 49.8 Å². The van der Waals surface area contributed by atoms with E-state index in [1.807, 2.05) is 25.2 Å². The molecular weight excluding hydrogens is 274 g/mol. The summed E-state index contributed by atoms with van der Waals surface area (Å²) < 4.78 is 27.7. The van der Waals surface area contributed by atoms with Gasteiger partial charge in [-0.15, -0.1) is 0 Å². The Hall–Kier alpha value is -1.27. The SMILES string of the molecule is CNCc1ccccc1OC.[C-]#[O+].[C-]#[O+].[C-]#[O+].[Cr]. The van der Waals surface area contributed by atoms with Crippen LogP contribution in [-0.2, 0) is 37.9 Å². The van der Waals surface area contributed by atoms with Crippen LogP contribution in [0.25, 0.3) is 0 Å². The summed E-state index contributed by atoms with van der Waals surface area (Å²) in [7, 11) is 3.61. The number of methoxy groups -OCH3 is 1. The molecule has 1 rings (SSSR count). The van der Waals surface area contributed by atoms with E-state index in [1.165, 1.54) is 5.56 Å². The molecule has 0 atom stereocenters. The van der Waals surface area contributed by atoms with Gasteiger partial charge in [0.2, 0.25) is 0 Å². The maximum atomic E-state index is 7.50. The van der Waals surface area contributed by atoms with Crippen molar-refractivity contribution in [3.63, 3.8) is 0 Å². The van der Waals surface area contributed by atoms with Crippen LogP contribution >= 0.6 is 0 Å². The normalized spacial score (nSPS) is 6.22. The zero-order chi connectivity index (χ0) is 14.1. The number of nitrogens with one attached hydrogen (secondary N) is 1. The van der Waals surface area contributed by atoms with E-state index < -0.39 is 0 Å². The van der Waals surface area contributed by atoms with Gasteiger partial charge in [-0.05, 0) is 13.1 Å². The quantitative estimate of drug-likeness (QED) is 0.671. The molecule has 0 heterocycles. The fourth-order valence-corrected chi connectivity index (χ4v) is 1.04. The first-order valence-corrected chi connectivity index (χ1v) is 4.26. The van der Waals surface area contributed by atoms with Crippen molar-refractivity contribution in [1.82, 2.24) is 5.32 Å². The van der Waals surface area contributed by atoms with Gasteiger partial charge in [-0.3, -0.25) is 0 Å². The topological polar surface area (TPSA) is 81.0 Å². The molecule has 0 saturated carbocycles. The Balaban J connectivity index is -0.000000123. The van der Waals surface area contributed by atoms with E-state index in [9.17, 15) is 0 Å². The Morgan fingerprint density at radius 3 is 1.89 bits per heavy atom. The van der Waals surface area contributed by atoms with Crippen LogP contribution in [0.1, 0.15) is 5.56 Å². The van der Waals surface area contributed by atoms with Crippen molar-refractivity contribution in [1.29, 1.82) is 0 Å². The Labute approximate surface area is 118 Å². The van der Waals surface area contributed by atoms with E-state index >= 15 is 0 Å². The van der Waals surface area contributed by atoms with Gasteiger partial charge in [-0.2, -0.15) is 0 Å². The van der Waals surface area contributed by atoms with Gasteiger partial charge >= 0.3 is 33.9 Å². The summed E-state index contributed by atoms with van der Waals surface area (Å²) >= 11 is 0. The van der Waals surface area contributed by atoms with Gasteiger partial charge in [-0.1, -0.05) is 18.2 Å². The second kappa shape index (κ2) is 24.8. The van der Waals surface area contributed by atoms with Crippen molar-refractivity contribution < 1.29 is 36.1 Å². The Bertz CT molecular complexity index is 322. The molecule has 5 nitrogen and oxygen atoms in total. The molecule has 0 unspecified atom stereocenters. The minimum Gasteiger partial charge on any atom is 0 e. The molecule has 0 bridgehead atoms. The second-order valence-corrected chi connectivity index (χ2v) is 2.34. The molecule has 0 aromatic heterocycles. The van der Waals surface area contributed by atoms with Gasteiger partial charge in [0.25, 0.3) is 0 Å². The van der Waals surface area contributed by atoms with Crippen molar-refractivity contribution in [2.75, 3.05) is 14.2 Å². The first-order valence-electron chi connectivity index (χ1n) is 4.26. The van der Waals surface area contributed by atoms with Gasteiger partial charge in [0.05, 0.1) is 7.11 Å². The fourth-order valence-electron chi connectivity index (χ4n) is 1.04. The van der Waals surface area contributed by atoms with Crippen LogP contribution in [0, 0.1) is 20.0 Å². The molecule has 96 valence electrons. The average molecular weight is 287 g/mol. The number of benzene rings is 1. The summed E-state index contributed by atoms with van der Waals surface area (Å²) in [6, 6.07) is 8.00. The van der Waals surface area contributed by atoms with Crippen LogP contribution in [0.4, 0.5) is 0 Å². The van der Waals surface area contributed by atoms with Gasteiger partial charge in [-0.25, -0.2) is 0 Å². The third kappa shape index (κ3) is 12.8. The first-order chi connectivity index (χ1) is 8.38. The molecule has 0 radical (unpaired) electrons. The maximum absolute atomic E-state index is 7.50.